The first kappa shape index (κ1) is 20.5. The Hall–Kier alpha value is -2.43. The number of hydrogen-bond donors (Lipinski definition) is 1. The van der Waals surface area contributed by atoms with Crippen molar-refractivity contribution in [3.8, 4) is 0 Å². The molecule has 1 fully saturated rings. The number of amides is 1. The predicted molar refractivity (Wildman–Crippen MR) is 127 cm³/mol. The number of carbonyl (C=O) groups is 1. The van der Waals surface area contributed by atoms with E-state index in [9.17, 15) is 4.79 Å². The van der Waals surface area contributed by atoms with E-state index in [0.29, 0.717) is 20.7 Å². The van der Waals surface area contributed by atoms with Gasteiger partial charge < -0.3 is 19.5 Å². The Morgan fingerprint density at radius 1 is 1.23 bits per heavy atom. The van der Waals surface area contributed by atoms with Crippen LogP contribution < -0.4 is 5.32 Å². The number of piperazine rings is 1. The van der Waals surface area contributed by atoms with Gasteiger partial charge in [0.05, 0.1) is 17.2 Å². The van der Waals surface area contributed by atoms with Crippen LogP contribution >= 0.6 is 8.58 Å². The van der Waals surface area contributed by atoms with Crippen LogP contribution in [0.4, 0.5) is 0 Å². The molecule has 0 aromatic carbocycles. The van der Waals surface area contributed by atoms with Gasteiger partial charge in [0.25, 0.3) is 5.91 Å². The Labute approximate surface area is 185 Å². The zero-order chi connectivity index (χ0) is 21.7. The molecule has 7 heteroatoms. The molecule has 31 heavy (non-hydrogen) atoms. The number of allylic oxidation sites excluding steroid dienone is 1. The number of nitrogens with one attached hydrogen (secondary N) is 1. The molecule has 4 atom stereocenters. The van der Waals surface area contributed by atoms with Crippen LogP contribution in [0.25, 0.3) is 11.0 Å². The number of carbonyl (C=O) groups excluding carboxylic acids is 1. The molecule has 0 aliphatic carbocycles. The van der Waals surface area contributed by atoms with Crippen molar-refractivity contribution < 1.29 is 4.79 Å². The molecule has 162 valence electrons. The number of hydrogen-bond acceptors (Lipinski definition) is 4. The number of nitrogens with zero attached hydrogens (tertiary/aromatic N) is 4. The van der Waals surface area contributed by atoms with Gasteiger partial charge in [-0.25, -0.2) is 4.98 Å². The summed E-state index contributed by atoms with van der Waals surface area (Å²) >= 11 is 0. The van der Waals surface area contributed by atoms with E-state index < -0.39 is 0 Å². The summed E-state index contributed by atoms with van der Waals surface area (Å²) in [5.74, 6) is 0.163. The molecular formula is C24H30N5OP. The Bertz CT molecular complexity index is 1120. The summed E-state index contributed by atoms with van der Waals surface area (Å²) in [6.07, 6.45) is 13.4. The van der Waals surface area contributed by atoms with Crippen molar-refractivity contribution in [3.63, 3.8) is 0 Å². The van der Waals surface area contributed by atoms with Crippen molar-refractivity contribution in [1.29, 1.82) is 0 Å². The normalized spacial score (nSPS) is 27.0. The van der Waals surface area contributed by atoms with Crippen LogP contribution in [-0.2, 0) is 11.2 Å². The summed E-state index contributed by atoms with van der Waals surface area (Å²) in [4.78, 5) is 22.1. The van der Waals surface area contributed by atoms with Gasteiger partial charge in [-0.3, -0.25) is 4.79 Å². The Morgan fingerprint density at radius 3 is 2.74 bits per heavy atom. The van der Waals surface area contributed by atoms with E-state index in [0.717, 1.165) is 47.4 Å². The van der Waals surface area contributed by atoms with Gasteiger partial charge in [0.15, 0.2) is 0 Å². The maximum Gasteiger partial charge on any atom is 0.252 e. The maximum absolute atomic E-state index is 13.1. The lowest BCUT2D eigenvalue weighted by Crippen LogP contribution is -2.54. The van der Waals surface area contributed by atoms with E-state index in [1.807, 2.05) is 17.9 Å². The highest BCUT2D eigenvalue weighted by molar-refractivity contribution is 7.51. The van der Waals surface area contributed by atoms with Gasteiger partial charge in [0.2, 0.25) is 0 Å². The van der Waals surface area contributed by atoms with Crippen molar-refractivity contribution >= 4 is 25.4 Å². The van der Waals surface area contributed by atoms with Crippen molar-refractivity contribution in [2.75, 3.05) is 13.1 Å². The second-order valence-electron chi connectivity index (χ2n) is 8.90. The second kappa shape index (κ2) is 7.92. The van der Waals surface area contributed by atoms with Gasteiger partial charge in [-0.2, -0.15) is 0 Å². The summed E-state index contributed by atoms with van der Waals surface area (Å²) in [6, 6.07) is 3.09. The Morgan fingerprint density at radius 2 is 2.00 bits per heavy atom. The van der Waals surface area contributed by atoms with Gasteiger partial charge in [0, 0.05) is 49.8 Å². The van der Waals surface area contributed by atoms with Gasteiger partial charge >= 0.3 is 0 Å². The van der Waals surface area contributed by atoms with Crippen LogP contribution in [0, 0.1) is 6.92 Å². The summed E-state index contributed by atoms with van der Waals surface area (Å²) in [5.41, 5.74) is 5.50. The molecule has 5 heterocycles. The number of rotatable bonds is 3. The first-order valence-electron chi connectivity index (χ1n) is 11.1. The fourth-order valence-corrected chi connectivity index (χ4v) is 6.22. The first-order valence-corrected chi connectivity index (χ1v) is 12.2. The summed E-state index contributed by atoms with van der Waals surface area (Å²) in [7, 11) is 0.521. The minimum Gasteiger partial charge on any atom is -0.367 e. The van der Waals surface area contributed by atoms with Crippen LogP contribution in [0.1, 0.15) is 37.6 Å². The highest BCUT2D eigenvalue weighted by Crippen LogP contribution is 2.45. The largest absolute Gasteiger partial charge is 0.367 e. The second-order valence-corrected chi connectivity index (χ2v) is 10.3. The molecule has 2 aromatic heterocycles. The molecule has 1 amide bonds. The molecule has 2 unspecified atom stereocenters. The number of aryl methyl sites for hydroxylation is 2. The first-order chi connectivity index (χ1) is 14.9. The van der Waals surface area contributed by atoms with Gasteiger partial charge in [-0.05, 0) is 55.8 Å². The zero-order valence-electron chi connectivity index (χ0n) is 18.6. The maximum atomic E-state index is 13.1. The molecule has 0 radical (unpaired) electrons. The van der Waals surface area contributed by atoms with E-state index in [1.54, 1.807) is 0 Å². The average Bonchev–Trinajstić information content (AvgIpc) is 3.12. The molecular weight excluding hydrogens is 405 g/mol. The van der Waals surface area contributed by atoms with E-state index >= 15 is 0 Å². The highest BCUT2D eigenvalue weighted by atomic mass is 31.1. The lowest BCUT2D eigenvalue weighted by molar-refractivity contribution is -0.123. The zero-order valence-corrected chi connectivity index (χ0v) is 19.6. The van der Waals surface area contributed by atoms with Gasteiger partial charge in [-0.1, -0.05) is 21.6 Å². The van der Waals surface area contributed by atoms with E-state index in [2.05, 4.69) is 77.2 Å². The van der Waals surface area contributed by atoms with Gasteiger partial charge in [0.1, 0.15) is 5.65 Å². The monoisotopic (exact) mass is 435 g/mol. The third-order valence-electron chi connectivity index (χ3n) is 6.21. The van der Waals surface area contributed by atoms with E-state index in [4.69, 9.17) is 0 Å². The minimum absolute atomic E-state index is 0.0665. The van der Waals surface area contributed by atoms with E-state index in [-0.39, 0.29) is 11.7 Å². The molecule has 1 N–H and O–H groups in total. The SMILES string of the molecule is CCc1cc(C2=CC(=O)N3C=C(N4C[C@@H](C)N[C@@H](C)C4)C=CC3P2)cn2cc(C)nc12. The predicted octanol–water partition coefficient (Wildman–Crippen LogP) is 3.49. The highest BCUT2D eigenvalue weighted by Gasteiger charge is 2.31. The smallest absolute Gasteiger partial charge is 0.252 e. The average molecular weight is 436 g/mol. The number of aromatic nitrogens is 2. The Balaban J connectivity index is 1.44. The molecule has 3 aliphatic heterocycles. The van der Waals surface area contributed by atoms with Crippen molar-refractivity contribution in [2.45, 2.75) is 52.0 Å². The number of pyridine rings is 1. The minimum atomic E-state index is 0.0665. The van der Waals surface area contributed by atoms with Crippen LogP contribution in [0.2, 0.25) is 0 Å². The summed E-state index contributed by atoms with van der Waals surface area (Å²) < 4.78 is 2.10. The number of fused-ring (bicyclic) bond motifs is 2. The van der Waals surface area contributed by atoms with Crippen molar-refractivity contribution in [2.24, 2.45) is 0 Å². The molecule has 0 spiro atoms. The standard InChI is InChI=1S/C24H30N5OP/c1-5-18-8-19(13-28-12-17(4)26-24(18)28)21-9-22(30)29-14-20(6-7-23(29)31-21)27-10-15(2)25-16(3)11-27/h6-9,12-16,23,25,31H,5,10-11H2,1-4H3/t15-,16+,23?. The third kappa shape index (κ3) is 3.83. The third-order valence-corrected chi connectivity index (χ3v) is 7.72. The number of imidazole rings is 1. The topological polar surface area (TPSA) is 52.9 Å². The van der Waals surface area contributed by atoms with Crippen LogP contribution in [0.15, 0.2) is 48.6 Å². The lowest BCUT2D eigenvalue weighted by Gasteiger charge is -2.41. The van der Waals surface area contributed by atoms with Crippen LogP contribution in [0.3, 0.4) is 0 Å². The molecule has 0 bridgehead atoms. The lowest BCUT2D eigenvalue weighted by atomic mass is 10.1. The Kier molecular flexibility index (Phi) is 5.23. The van der Waals surface area contributed by atoms with Crippen molar-refractivity contribution in [1.82, 2.24) is 24.5 Å². The molecule has 5 rings (SSSR count). The molecule has 0 saturated carbocycles. The van der Waals surface area contributed by atoms with Crippen LogP contribution in [-0.4, -0.2) is 56.0 Å². The molecule has 3 aliphatic rings. The van der Waals surface area contributed by atoms with Gasteiger partial charge in [-0.15, -0.1) is 0 Å². The fourth-order valence-electron chi connectivity index (χ4n) is 4.86. The molecule has 6 nitrogen and oxygen atoms in total. The summed E-state index contributed by atoms with van der Waals surface area (Å²) in [6.45, 7) is 10.5. The van der Waals surface area contributed by atoms with Crippen LogP contribution in [0.5, 0.6) is 0 Å². The van der Waals surface area contributed by atoms with E-state index in [1.165, 1.54) is 5.56 Å². The molecule has 2 aromatic rings. The summed E-state index contributed by atoms with van der Waals surface area (Å²) in [5, 5.41) is 4.70. The molecule has 1 saturated heterocycles. The quantitative estimate of drug-likeness (QED) is 0.750. The van der Waals surface area contributed by atoms with Crippen molar-refractivity contribution in [3.05, 3.63) is 65.4 Å². The fraction of sp³-hybridized carbons (Fsp3) is 0.417.